The molecule has 4 nitrogen and oxygen atoms in total. The van der Waals surface area contributed by atoms with Crippen molar-refractivity contribution in [2.24, 2.45) is 5.92 Å². The normalized spacial score (nSPS) is 16.0. The van der Waals surface area contributed by atoms with E-state index in [1.165, 1.54) is 0 Å². The molecule has 21 heavy (non-hydrogen) atoms. The van der Waals surface area contributed by atoms with E-state index in [0.29, 0.717) is 19.1 Å². The van der Waals surface area contributed by atoms with Gasteiger partial charge in [0.25, 0.3) is 0 Å². The van der Waals surface area contributed by atoms with Gasteiger partial charge in [0.2, 0.25) is 0 Å². The minimum Gasteiger partial charge on any atom is -0.497 e. The lowest BCUT2D eigenvalue weighted by Gasteiger charge is -2.16. The maximum absolute atomic E-state index is 12.7. The van der Waals surface area contributed by atoms with Crippen molar-refractivity contribution in [3.05, 3.63) is 35.6 Å². The molecule has 0 aliphatic heterocycles. The van der Waals surface area contributed by atoms with Crippen LogP contribution in [0.25, 0.3) is 5.57 Å². The van der Waals surface area contributed by atoms with Gasteiger partial charge in [-0.3, -0.25) is 4.57 Å². The Morgan fingerprint density at radius 1 is 1.29 bits per heavy atom. The van der Waals surface area contributed by atoms with Crippen molar-refractivity contribution < 1.29 is 18.3 Å². The van der Waals surface area contributed by atoms with Gasteiger partial charge in [-0.25, -0.2) is 0 Å². The molecule has 0 unspecified atom stereocenters. The van der Waals surface area contributed by atoms with E-state index in [1.54, 1.807) is 12.9 Å². The Morgan fingerprint density at radius 3 is 2.48 bits per heavy atom. The van der Waals surface area contributed by atoms with Crippen LogP contribution in [0.15, 0.2) is 30.1 Å². The summed E-state index contributed by atoms with van der Waals surface area (Å²) in [5.74, 6) is 2.93. The number of benzene rings is 1. The molecule has 0 bridgehead atoms. The van der Waals surface area contributed by atoms with E-state index in [4.69, 9.17) is 13.8 Å². The molecule has 2 rings (SSSR count). The fourth-order valence-corrected chi connectivity index (χ4v) is 3.90. The number of ether oxygens (including phenoxy) is 1. The number of hydrogen-bond acceptors (Lipinski definition) is 4. The van der Waals surface area contributed by atoms with Crippen LogP contribution in [0.1, 0.15) is 32.3 Å². The third-order valence-corrected chi connectivity index (χ3v) is 5.17. The molecule has 0 heterocycles. The second-order valence-electron chi connectivity index (χ2n) is 4.97. The van der Waals surface area contributed by atoms with Crippen LogP contribution in [0.4, 0.5) is 0 Å². The number of hydrogen-bond donors (Lipinski definition) is 0. The minimum absolute atomic E-state index is 0.365. The van der Waals surface area contributed by atoms with Gasteiger partial charge in [0.05, 0.1) is 20.3 Å². The third-order valence-electron chi connectivity index (χ3n) is 3.34. The van der Waals surface area contributed by atoms with Crippen molar-refractivity contribution in [3.8, 4) is 5.75 Å². The Hall–Kier alpha value is -1.09. The van der Waals surface area contributed by atoms with E-state index in [1.807, 2.05) is 38.1 Å². The van der Waals surface area contributed by atoms with Crippen LogP contribution < -0.4 is 4.74 Å². The molecular weight excluding hydrogens is 287 g/mol. The highest BCUT2D eigenvalue weighted by Crippen LogP contribution is 2.55. The lowest BCUT2D eigenvalue weighted by Crippen LogP contribution is -1.96. The Kier molecular flexibility index (Phi) is 5.63. The largest absolute Gasteiger partial charge is 0.497 e. The predicted molar refractivity (Wildman–Crippen MR) is 84.6 cm³/mol. The zero-order valence-electron chi connectivity index (χ0n) is 12.9. The van der Waals surface area contributed by atoms with Crippen LogP contribution in [-0.4, -0.2) is 20.3 Å². The molecule has 0 N–H and O–H groups in total. The first kappa shape index (κ1) is 16.3. The molecule has 1 aromatic carbocycles. The van der Waals surface area contributed by atoms with Crippen molar-refractivity contribution in [2.75, 3.05) is 20.3 Å². The maximum Gasteiger partial charge on any atom is 0.354 e. The summed E-state index contributed by atoms with van der Waals surface area (Å²) in [7, 11) is -1.54. The maximum atomic E-state index is 12.7. The lowest BCUT2D eigenvalue weighted by atomic mass is 10.0. The Balaban J connectivity index is 2.37. The second kappa shape index (κ2) is 7.26. The molecule has 116 valence electrons. The Labute approximate surface area is 126 Å². The monoisotopic (exact) mass is 310 g/mol. The standard InChI is InChI=1S/C16H23O4P/c1-4-19-21(17,20-5-2)12-16(13-9-10-13)14-7-6-8-15(11-14)18-3/h6-8,11-13H,4-5,9-10H2,1-3H3/b16-12+. The fraction of sp³-hybridized carbons (Fsp3) is 0.500. The van der Waals surface area contributed by atoms with E-state index in [2.05, 4.69) is 0 Å². The van der Waals surface area contributed by atoms with Gasteiger partial charge in [-0.1, -0.05) is 12.1 Å². The molecule has 0 saturated heterocycles. The van der Waals surface area contributed by atoms with E-state index < -0.39 is 7.60 Å². The van der Waals surface area contributed by atoms with E-state index >= 15 is 0 Å². The van der Waals surface area contributed by atoms with Gasteiger partial charge < -0.3 is 13.8 Å². The number of rotatable bonds is 8. The molecule has 0 atom stereocenters. The second-order valence-corrected chi connectivity index (χ2v) is 6.82. The molecular formula is C16H23O4P. The average molecular weight is 310 g/mol. The van der Waals surface area contributed by atoms with Crippen LogP contribution >= 0.6 is 7.60 Å². The van der Waals surface area contributed by atoms with Gasteiger partial charge in [-0.2, -0.15) is 0 Å². The summed E-state index contributed by atoms with van der Waals surface area (Å²) >= 11 is 0. The minimum atomic E-state index is -3.18. The molecule has 0 aromatic heterocycles. The van der Waals surface area contributed by atoms with E-state index in [9.17, 15) is 4.57 Å². The van der Waals surface area contributed by atoms with E-state index in [0.717, 1.165) is 29.7 Å². The zero-order valence-corrected chi connectivity index (χ0v) is 13.8. The topological polar surface area (TPSA) is 44.8 Å². The summed E-state index contributed by atoms with van der Waals surface area (Å²) in [5.41, 5.74) is 2.07. The SMILES string of the molecule is CCOP(=O)(/C=C(/c1cccc(OC)c1)C1CC1)OCC. The molecule has 0 spiro atoms. The first-order valence-electron chi connectivity index (χ1n) is 7.38. The molecule has 1 fully saturated rings. The lowest BCUT2D eigenvalue weighted by molar-refractivity contribution is 0.229. The quantitative estimate of drug-likeness (QED) is 0.652. The molecule has 1 aliphatic carbocycles. The Bertz CT molecular complexity index is 539. The first-order valence-corrected chi connectivity index (χ1v) is 8.99. The van der Waals surface area contributed by atoms with Gasteiger partial charge in [-0.15, -0.1) is 0 Å². The molecule has 0 radical (unpaired) electrons. The number of allylic oxidation sites excluding steroid dienone is 1. The zero-order chi connectivity index (χ0) is 15.3. The Morgan fingerprint density at radius 2 is 1.95 bits per heavy atom. The number of methoxy groups -OCH3 is 1. The highest BCUT2D eigenvalue weighted by atomic mass is 31.2. The van der Waals surface area contributed by atoms with Crippen molar-refractivity contribution >= 4 is 13.2 Å². The summed E-state index contributed by atoms with van der Waals surface area (Å²) in [6, 6.07) is 7.82. The van der Waals surface area contributed by atoms with Crippen LogP contribution in [0.5, 0.6) is 5.75 Å². The highest BCUT2D eigenvalue weighted by Gasteiger charge is 2.31. The smallest absolute Gasteiger partial charge is 0.354 e. The summed E-state index contributed by atoms with van der Waals surface area (Å²) in [5, 5.41) is 0. The van der Waals surface area contributed by atoms with Crippen LogP contribution in [0, 0.1) is 5.92 Å². The third kappa shape index (κ3) is 4.44. The molecule has 1 aromatic rings. The van der Waals surface area contributed by atoms with E-state index in [-0.39, 0.29) is 0 Å². The first-order chi connectivity index (χ1) is 10.1. The summed E-state index contributed by atoms with van der Waals surface area (Å²) in [4.78, 5) is 0. The fourth-order valence-electron chi connectivity index (χ4n) is 2.25. The highest BCUT2D eigenvalue weighted by molar-refractivity contribution is 7.57. The van der Waals surface area contributed by atoms with Gasteiger partial charge in [0.1, 0.15) is 5.75 Å². The van der Waals surface area contributed by atoms with Crippen molar-refractivity contribution in [1.82, 2.24) is 0 Å². The van der Waals surface area contributed by atoms with Gasteiger partial charge >= 0.3 is 7.60 Å². The van der Waals surface area contributed by atoms with Gasteiger partial charge in [0.15, 0.2) is 0 Å². The van der Waals surface area contributed by atoms with Crippen molar-refractivity contribution in [3.63, 3.8) is 0 Å². The van der Waals surface area contributed by atoms with Crippen LogP contribution in [0.2, 0.25) is 0 Å². The van der Waals surface area contributed by atoms with Crippen molar-refractivity contribution in [2.45, 2.75) is 26.7 Å². The van der Waals surface area contributed by atoms with Gasteiger partial charge in [0, 0.05) is 5.82 Å². The average Bonchev–Trinajstić information content (AvgIpc) is 3.30. The van der Waals surface area contributed by atoms with Crippen molar-refractivity contribution in [1.29, 1.82) is 0 Å². The predicted octanol–water partition coefficient (Wildman–Crippen LogP) is 4.71. The summed E-state index contributed by atoms with van der Waals surface area (Å²) in [6.45, 7) is 4.37. The summed E-state index contributed by atoms with van der Waals surface area (Å²) in [6.07, 6.45) is 2.22. The molecule has 5 heteroatoms. The summed E-state index contributed by atoms with van der Waals surface area (Å²) < 4.78 is 28.8. The molecule has 0 amide bonds. The molecule has 1 saturated carbocycles. The van der Waals surface area contributed by atoms with Crippen LogP contribution in [-0.2, 0) is 13.6 Å². The van der Waals surface area contributed by atoms with Crippen LogP contribution in [0.3, 0.4) is 0 Å². The van der Waals surface area contributed by atoms with Gasteiger partial charge in [-0.05, 0) is 55.9 Å². The molecule has 1 aliphatic rings.